The summed E-state index contributed by atoms with van der Waals surface area (Å²) in [7, 11) is 3.60. The Balaban J connectivity index is 0.00000242. The molecule has 1 unspecified atom stereocenters. The molecule has 22 heavy (non-hydrogen) atoms. The van der Waals surface area contributed by atoms with E-state index in [9.17, 15) is 4.79 Å². The number of amides is 1. The first-order chi connectivity index (χ1) is 9.99. The molecule has 1 atom stereocenters. The zero-order chi connectivity index (χ0) is 15.4. The number of rotatable bonds is 6. The first-order valence-corrected chi connectivity index (χ1v) is 8.10. The van der Waals surface area contributed by atoms with Gasteiger partial charge in [0.15, 0.2) is 5.82 Å². The minimum Gasteiger partial charge on any atom is -0.337 e. The normalized spacial score (nSPS) is 11.8. The highest BCUT2D eigenvalue weighted by molar-refractivity contribution is 9.11. The van der Waals surface area contributed by atoms with Gasteiger partial charge < -0.3 is 14.7 Å². The van der Waals surface area contributed by atoms with E-state index in [2.05, 4.69) is 31.4 Å². The molecule has 2 aromatic heterocycles. The van der Waals surface area contributed by atoms with Crippen LogP contribution in [0.3, 0.4) is 0 Å². The molecule has 0 aliphatic rings. The fraction of sp³-hybridized carbons (Fsp3) is 0.462. The molecule has 122 valence electrons. The highest BCUT2D eigenvalue weighted by Crippen LogP contribution is 2.23. The number of likely N-dealkylation sites (N-methyl/N-ethyl adjacent to an activating group) is 1. The van der Waals surface area contributed by atoms with E-state index in [0.29, 0.717) is 29.6 Å². The summed E-state index contributed by atoms with van der Waals surface area (Å²) < 4.78 is 6.11. The standard InChI is InChI=1S/C13H17BrN4O2S.ClH/c1-8(15-2)6-11-16-12(20-17-11)7-18(3)13(19)9-4-5-10(14)21-9;/h4-5,8,15H,6-7H2,1-3H3;1H. The predicted octanol–water partition coefficient (Wildman–Crippen LogP) is 2.74. The molecule has 2 heterocycles. The Kier molecular flexibility index (Phi) is 7.47. The highest BCUT2D eigenvalue weighted by Gasteiger charge is 2.17. The zero-order valence-electron chi connectivity index (χ0n) is 12.5. The second-order valence-corrected chi connectivity index (χ2v) is 7.23. The van der Waals surface area contributed by atoms with Gasteiger partial charge in [-0.15, -0.1) is 23.7 Å². The van der Waals surface area contributed by atoms with Crippen molar-refractivity contribution in [3.8, 4) is 0 Å². The maximum absolute atomic E-state index is 12.2. The third-order valence-electron chi connectivity index (χ3n) is 2.99. The van der Waals surface area contributed by atoms with Crippen LogP contribution in [0.1, 0.15) is 28.3 Å². The van der Waals surface area contributed by atoms with Gasteiger partial charge in [0.05, 0.1) is 8.66 Å². The van der Waals surface area contributed by atoms with Gasteiger partial charge in [-0.1, -0.05) is 5.16 Å². The van der Waals surface area contributed by atoms with Crippen LogP contribution in [0.5, 0.6) is 0 Å². The summed E-state index contributed by atoms with van der Waals surface area (Å²) in [5, 5.41) is 7.04. The molecule has 9 heteroatoms. The van der Waals surface area contributed by atoms with Gasteiger partial charge in [-0.2, -0.15) is 4.98 Å². The lowest BCUT2D eigenvalue weighted by molar-refractivity contribution is 0.0774. The van der Waals surface area contributed by atoms with Gasteiger partial charge in [0.1, 0.15) is 6.54 Å². The van der Waals surface area contributed by atoms with Crippen molar-refractivity contribution in [2.24, 2.45) is 0 Å². The van der Waals surface area contributed by atoms with E-state index in [1.165, 1.54) is 11.3 Å². The number of carbonyl (C=O) groups is 1. The Morgan fingerprint density at radius 1 is 1.55 bits per heavy atom. The predicted molar refractivity (Wildman–Crippen MR) is 91.6 cm³/mol. The van der Waals surface area contributed by atoms with E-state index in [1.54, 1.807) is 18.0 Å². The molecule has 1 N–H and O–H groups in total. The molecule has 0 saturated carbocycles. The molecule has 2 aromatic rings. The van der Waals surface area contributed by atoms with Crippen molar-refractivity contribution in [1.29, 1.82) is 0 Å². The Morgan fingerprint density at radius 2 is 2.27 bits per heavy atom. The van der Waals surface area contributed by atoms with Gasteiger partial charge >= 0.3 is 0 Å². The lowest BCUT2D eigenvalue weighted by Crippen LogP contribution is -2.26. The topological polar surface area (TPSA) is 71.3 Å². The number of carbonyl (C=O) groups excluding carboxylic acids is 1. The molecule has 0 saturated heterocycles. The number of hydrogen-bond acceptors (Lipinski definition) is 6. The molecule has 0 aliphatic heterocycles. The summed E-state index contributed by atoms with van der Waals surface area (Å²) >= 11 is 4.75. The number of thiophene rings is 1. The first kappa shape index (κ1) is 19.1. The molecule has 0 spiro atoms. The Morgan fingerprint density at radius 3 is 2.86 bits per heavy atom. The minimum atomic E-state index is -0.0611. The third kappa shape index (κ3) is 5.05. The largest absolute Gasteiger partial charge is 0.337 e. The minimum absolute atomic E-state index is 0. The van der Waals surface area contributed by atoms with E-state index in [0.717, 1.165) is 3.79 Å². The van der Waals surface area contributed by atoms with Crippen molar-refractivity contribution in [3.63, 3.8) is 0 Å². The van der Waals surface area contributed by atoms with Crippen LogP contribution >= 0.6 is 39.7 Å². The van der Waals surface area contributed by atoms with Crippen LogP contribution in [0, 0.1) is 0 Å². The molecular weight excluding hydrogens is 392 g/mol. The smallest absolute Gasteiger partial charge is 0.264 e. The third-order valence-corrected chi connectivity index (χ3v) is 4.61. The van der Waals surface area contributed by atoms with Crippen LogP contribution in [0.2, 0.25) is 0 Å². The van der Waals surface area contributed by atoms with Crippen molar-refractivity contribution < 1.29 is 9.32 Å². The first-order valence-electron chi connectivity index (χ1n) is 6.49. The van der Waals surface area contributed by atoms with Gasteiger partial charge in [-0.3, -0.25) is 4.79 Å². The fourth-order valence-electron chi connectivity index (χ4n) is 1.71. The Bertz CT molecular complexity index is 619. The molecular formula is C13H18BrClN4O2S. The quantitative estimate of drug-likeness (QED) is 0.794. The monoisotopic (exact) mass is 408 g/mol. The van der Waals surface area contributed by atoms with Crippen molar-refractivity contribution >= 4 is 45.6 Å². The van der Waals surface area contributed by atoms with Crippen molar-refractivity contribution in [3.05, 3.63) is 32.5 Å². The molecule has 1 amide bonds. The van der Waals surface area contributed by atoms with Crippen molar-refractivity contribution in [1.82, 2.24) is 20.4 Å². The molecule has 0 bridgehead atoms. The molecule has 2 rings (SSSR count). The number of hydrogen-bond donors (Lipinski definition) is 1. The maximum atomic E-state index is 12.2. The Labute approximate surface area is 147 Å². The highest BCUT2D eigenvalue weighted by atomic mass is 79.9. The summed E-state index contributed by atoms with van der Waals surface area (Å²) in [5.41, 5.74) is 0. The van der Waals surface area contributed by atoms with Gasteiger partial charge in [-0.05, 0) is 42.0 Å². The van der Waals surface area contributed by atoms with Crippen LogP contribution in [0.15, 0.2) is 20.4 Å². The van der Waals surface area contributed by atoms with E-state index in [-0.39, 0.29) is 24.4 Å². The average Bonchev–Trinajstić information content (AvgIpc) is 3.07. The lowest BCUT2D eigenvalue weighted by atomic mass is 10.2. The number of aromatic nitrogens is 2. The number of halogens is 2. The van der Waals surface area contributed by atoms with E-state index in [4.69, 9.17) is 4.52 Å². The van der Waals surface area contributed by atoms with Crippen molar-refractivity contribution in [2.45, 2.75) is 25.9 Å². The van der Waals surface area contributed by atoms with E-state index < -0.39 is 0 Å². The van der Waals surface area contributed by atoms with Gasteiger partial charge in [0.2, 0.25) is 5.89 Å². The van der Waals surface area contributed by atoms with Gasteiger partial charge in [0.25, 0.3) is 5.91 Å². The number of nitrogens with zero attached hydrogens (tertiary/aromatic N) is 3. The van der Waals surface area contributed by atoms with Crippen LogP contribution in [0.4, 0.5) is 0 Å². The fourth-order valence-corrected chi connectivity index (χ4v) is 3.09. The summed E-state index contributed by atoms with van der Waals surface area (Å²) in [4.78, 5) is 18.8. The van der Waals surface area contributed by atoms with Gasteiger partial charge in [0, 0.05) is 19.5 Å². The zero-order valence-corrected chi connectivity index (χ0v) is 15.7. The summed E-state index contributed by atoms with van der Waals surface area (Å²) in [5.74, 6) is 1.03. The van der Waals surface area contributed by atoms with Crippen LogP contribution in [-0.2, 0) is 13.0 Å². The van der Waals surface area contributed by atoms with Gasteiger partial charge in [-0.25, -0.2) is 0 Å². The molecule has 0 aliphatic carbocycles. The van der Waals surface area contributed by atoms with Crippen LogP contribution < -0.4 is 5.32 Å². The maximum Gasteiger partial charge on any atom is 0.264 e. The summed E-state index contributed by atoms with van der Waals surface area (Å²) in [6, 6.07) is 3.93. The molecule has 0 aromatic carbocycles. The molecule has 0 radical (unpaired) electrons. The second-order valence-electron chi connectivity index (χ2n) is 4.76. The summed E-state index contributed by atoms with van der Waals surface area (Å²) in [6.45, 7) is 2.34. The molecule has 0 fully saturated rings. The lowest BCUT2D eigenvalue weighted by Gasteiger charge is -2.13. The Hall–Kier alpha value is -0.960. The van der Waals surface area contributed by atoms with E-state index >= 15 is 0 Å². The SMILES string of the molecule is CNC(C)Cc1noc(CN(C)C(=O)c2ccc(Br)s2)n1.Cl. The number of nitrogens with one attached hydrogen (secondary N) is 1. The molecule has 6 nitrogen and oxygen atoms in total. The summed E-state index contributed by atoms with van der Waals surface area (Å²) in [6.07, 6.45) is 0.690. The van der Waals surface area contributed by atoms with E-state index in [1.807, 2.05) is 20.0 Å². The second kappa shape index (κ2) is 8.61. The van der Waals surface area contributed by atoms with Crippen LogP contribution in [-0.4, -0.2) is 41.1 Å². The van der Waals surface area contributed by atoms with Crippen LogP contribution in [0.25, 0.3) is 0 Å². The van der Waals surface area contributed by atoms with Crippen molar-refractivity contribution in [2.75, 3.05) is 14.1 Å². The average molecular weight is 410 g/mol.